The van der Waals surface area contributed by atoms with Crippen LogP contribution in [0.4, 0.5) is 0 Å². The molecule has 9 nitrogen and oxygen atoms in total. The predicted molar refractivity (Wildman–Crippen MR) is 378 cm³/mol. The van der Waals surface area contributed by atoms with Crippen molar-refractivity contribution in [3.63, 3.8) is 0 Å². The molecule has 0 rings (SSSR count). The van der Waals surface area contributed by atoms with Gasteiger partial charge in [0, 0.05) is 12.8 Å². The monoisotopic (exact) mass is 1250 g/mol. The van der Waals surface area contributed by atoms with Crippen molar-refractivity contribution in [1.29, 1.82) is 0 Å². The van der Waals surface area contributed by atoms with Gasteiger partial charge in [-0.05, 0) is 109 Å². The Morgan fingerprint density at radius 2 is 0.648 bits per heavy atom. The Hall–Kier alpha value is -3.59. The van der Waals surface area contributed by atoms with E-state index in [1.807, 2.05) is 21.1 Å². The summed E-state index contributed by atoms with van der Waals surface area (Å²) in [5.74, 6) is -0.839. The highest BCUT2D eigenvalue weighted by molar-refractivity contribution is 7.45. The minimum Gasteiger partial charge on any atom is -0.756 e. The van der Waals surface area contributed by atoms with Gasteiger partial charge in [-0.15, -0.1) is 0 Å². The zero-order valence-corrected chi connectivity index (χ0v) is 58.5. The Balaban J connectivity index is 4.08. The van der Waals surface area contributed by atoms with Crippen LogP contribution in [0.15, 0.2) is 122 Å². The minimum absolute atomic E-state index is 0.0370. The first-order chi connectivity index (χ1) is 43.0. The molecule has 0 N–H and O–H groups in total. The van der Waals surface area contributed by atoms with E-state index >= 15 is 0 Å². The lowest BCUT2D eigenvalue weighted by atomic mass is 10.0. The summed E-state index contributed by atoms with van der Waals surface area (Å²) in [5, 5.41) is 0. The lowest BCUT2D eigenvalue weighted by Crippen LogP contribution is -2.37. The van der Waals surface area contributed by atoms with E-state index in [2.05, 4.69) is 135 Å². The Bertz CT molecular complexity index is 1900. The molecule has 0 bridgehead atoms. The van der Waals surface area contributed by atoms with Crippen molar-refractivity contribution in [2.45, 2.75) is 315 Å². The second-order valence-corrected chi connectivity index (χ2v) is 26.6. The van der Waals surface area contributed by atoms with Crippen LogP contribution in [0.1, 0.15) is 309 Å². The van der Waals surface area contributed by atoms with E-state index in [0.29, 0.717) is 17.4 Å². The first-order valence-electron chi connectivity index (χ1n) is 36.2. The number of hydrogen-bond donors (Lipinski definition) is 0. The van der Waals surface area contributed by atoms with E-state index < -0.39 is 26.5 Å². The van der Waals surface area contributed by atoms with Crippen molar-refractivity contribution < 1.29 is 42.1 Å². The van der Waals surface area contributed by atoms with Gasteiger partial charge in [0.2, 0.25) is 0 Å². The first-order valence-corrected chi connectivity index (χ1v) is 37.7. The number of carbonyl (C=O) groups is 2. The van der Waals surface area contributed by atoms with Gasteiger partial charge < -0.3 is 27.9 Å². The number of quaternary nitrogens is 1. The quantitative estimate of drug-likeness (QED) is 0.0195. The van der Waals surface area contributed by atoms with Crippen molar-refractivity contribution in [3.8, 4) is 0 Å². The van der Waals surface area contributed by atoms with E-state index in [9.17, 15) is 19.0 Å². The molecule has 0 radical (unpaired) electrons. The number of ether oxygens (including phenoxy) is 2. The molecular weight excluding hydrogens is 1110 g/mol. The average Bonchev–Trinajstić information content (AvgIpc) is 3.56. The van der Waals surface area contributed by atoms with Crippen LogP contribution in [0.3, 0.4) is 0 Å². The molecule has 0 fully saturated rings. The third kappa shape index (κ3) is 71.5. The second kappa shape index (κ2) is 67.8. The SMILES string of the molecule is CC/C=C\C/C=C\C/C=C\C/C=C\C/C=C\C/C=C\C/C=C\C/C=C\CCCCCCCCCCC(=O)OC(COC(=O)CCCCCCCCCCCCCCCCCCCCC/C=C\C/C=C\CCCCCCC)COP(=O)([O-])OCC[N+](C)(C)C. The van der Waals surface area contributed by atoms with E-state index in [0.717, 1.165) is 103 Å². The van der Waals surface area contributed by atoms with Gasteiger partial charge in [0.05, 0.1) is 27.7 Å². The van der Waals surface area contributed by atoms with Crippen LogP contribution in [0, 0.1) is 0 Å². The summed E-state index contributed by atoms with van der Waals surface area (Å²) in [7, 11) is 1.16. The van der Waals surface area contributed by atoms with Crippen molar-refractivity contribution in [2.24, 2.45) is 0 Å². The Labute approximate surface area is 543 Å². The summed E-state index contributed by atoms with van der Waals surface area (Å²) in [6.07, 6.45) is 97.1. The van der Waals surface area contributed by atoms with Crippen molar-refractivity contribution >= 4 is 19.8 Å². The maximum absolute atomic E-state index is 12.9. The lowest BCUT2D eigenvalue weighted by Gasteiger charge is -2.28. The highest BCUT2D eigenvalue weighted by Gasteiger charge is 2.22. The molecule has 0 aromatic rings. The van der Waals surface area contributed by atoms with Gasteiger partial charge in [0.15, 0.2) is 6.10 Å². The fourth-order valence-electron chi connectivity index (χ4n) is 9.94. The number of unbranched alkanes of at least 4 members (excludes halogenated alkanes) is 32. The van der Waals surface area contributed by atoms with Gasteiger partial charge >= 0.3 is 11.9 Å². The third-order valence-electron chi connectivity index (χ3n) is 15.5. The summed E-state index contributed by atoms with van der Waals surface area (Å²) in [6.45, 7) is 4.13. The van der Waals surface area contributed by atoms with Gasteiger partial charge in [-0.1, -0.05) is 309 Å². The predicted octanol–water partition coefficient (Wildman–Crippen LogP) is 23.2. The van der Waals surface area contributed by atoms with E-state index in [-0.39, 0.29) is 32.0 Å². The van der Waals surface area contributed by atoms with Crippen LogP contribution in [0.2, 0.25) is 0 Å². The van der Waals surface area contributed by atoms with Gasteiger partial charge in [0.25, 0.3) is 7.82 Å². The van der Waals surface area contributed by atoms with Crippen LogP contribution in [0.25, 0.3) is 0 Å². The highest BCUT2D eigenvalue weighted by Crippen LogP contribution is 2.38. The summed E-state index contributed by atoms with van der Waals surface area (Å²) >= 11 is 0. The molecule has 0 heterocycles. The summed E-state index contributed by atoms with van der Waals surface area (Å²) in [4.78, 5) is 38.1. The number of phosphoric acid groups is 1. The summed E-state index contributed by atoms with van der Waals surface area (Å²) in [6, 6.07) is 0. The van der Waals surface area contributed by atoms with Crippen LogP contribution >= 0.6 is 7.82 Å². The fraction of sp³-hybridized carbons (Fsp3) is 0.718. The van der Waals surface area contributed by atoms with Gasteiger partial charge in [-0.25, -0.2) is 0 Å². The van der Waals surface area contributed by atoms with Crippen molar-refractivity contribution in [2.75, 3.05) is 47.5 Å². The fourth-order valence-corrected chi connectivity index (χ4v) is 10.7. The highest BCUT2D eigenvalue weighted by atomic mass is 31.2. The Kier molecular flexibility index (Phi) is 65.0. The maximum atomic E-state index is 12.9. The molecule has 506 valence electrons. The average molecular weight is 1250 g/mol. The Morgan fingerprint density at radius 1 is 0.364 bits per heavy atom. The number of phosphoric ester groups is 1. The molecular formula is C78H136NO8P. The molecule has 0 aliphatic heterocycles. The third-order valence-corrected chi connectivity index (χ3v) is 16.4. The number of rotatable bonds is 66. The van der Waals surface area contributed by atoms with E-state index in [1.165, 1.54) is 173 Å². The van der Waals surface area contributed by atoms with Crippen LogP contribution < -0.4 is 4.89 Å². The normalized spacial score (nSPS) is 13.8. The van der Waals surface area contributed by atoms with Gasteiger partial charge in [-0.3, -0.25) is 14.2 Å². The van der Waals surface area contributed by atoms with Gasteiger partial charge in [0.1, 0.15) is 19.8 Å². The second-order valence-electron chi connectivity index (χ2n) is 25.2. The molecule has 0 aromatic heterocycles. The largest absolute Gasteiger partial charge is 0.756 e. The zero-order valence-electron chi connectivity index (χ0n) is 57.6. The molecule has 88 heavy (non-hydrogen) atoms. The van der Waals surface area contributed by atoms with Crippen LogP contribution in [-0.4, -0.2) is 70.0 Å². The molecule has 10 heteroatoms. The number of hydrogen-bond acceptors (Lipinski definition) is 8. The molecule has 0 amide bonds. The zero-order chi connectivity index (χ0) is 64.1. The van der Waals surface area contributed by atoms with Gasteiger partial charge in [-0.2, -0.15) is 0 Å². The van der Waals surface area contributed by atoms with Crippen LogP contribution in [-0.2, 0) is 32.7 Å². The standard InChI is InChI=1S/C78H136NO8P/c1-6-8-10-12-14-16-18-20-22-24-26-28-30-32-34-36-38-39-41-43-45-47-49-51-53-55-57-59-61-63-65-67-69-71-78(81)87-76(75-86-88(82,83)85-73-72-79(3,4)5)74-84-77(80)70-68-66-64-62-60-58-56-54-52-50-48-46-44-42-40-37-35-33-31-29-27-25-23-21-19-17-15-13-11-9-7-2/h8,10,14,16,19-22,25-28,32,34,38-39,43,45,49,51,76H,6-7,9,11-13,15,17-18,23-24,29-31,33,35-37,40-42,44,46-48,50,52-75H2,1-5H3/b10-8-,16-14-,21-19-,22-20-,27-25-,28-26-,34-32-,39-38-,45-43-,51-49-. The Morgan fingerprint density at radius 3 is 0.966 bits per heavy atom. The smallest absolute Gasteiger partial charge is 0.306 e. The lowest BCUT2D eigenvalue weighted by molar-refractivity contribution is -0.870. The molecule has 2 unspecified atom stereocenters. The first kappa shape index (κ1) is 84.4. The number of carbonyl (C=O) groups excluding carboxylic acids is 2. The molecule has 0 spiro atoms. The van der Waals surface area contributed by atoms with Crippen molar-refractivity contribution in [1.82, 2.24) is 0 Å². The molecule has 0 aliphatic rings. The number of esters is 2. The van der Waals surface area contributed by atoms with Crippen LogP contribution in [0.5, 0.6) is 0 Å². The molecule has 2 atom stereocenters. The number of allylic oxidation sites excluding steroid dienone is 20. The maximum Gasteiger partial charge on any atom is 0.306 e. The van der Waals surface area contributed by atoms with E-state index in [1.54, 1.807) is 0 Å². The molecule has 0 saturated heterocycles. The molecule has 0 saturated carbocycles. The van der Waals surface area contributed by atoms with E-state index in [4.69, 9.17) is 18.5 Å². The molecule has 0 aliphatic carbocycles. The number of nitrogens with zero attached hydrogens (tertiary/aromatic N) is 1. The molecule has 0 aromatic carbocycles. The topological polar surface area (TPSA) is 111 Å². The summed E-state index contributed by atoms with van der Waals surface area (Å²) in [5.41, 5.74) is 0. The number of likely N-dealkylation sites (N-methyl/N-ethyl adjacent to an activating group) is 1. The summed E-state index contributed by atoms with van der Waals surface area (Å²) < 4.78 is 34.3. The minimum atomic E-state index is -4.65. The van der Waals surface area contributed by atoms with Crippen molar-refractivity contribution in [3.05, 3.63) is 122 Å².